The van der Waals surface area contributed by atoms with Gasteiger partial charge in [0, 0.05) is 17.8 Å². The number of benzene rings is 2. The van der Waals surface area contributed by atoms with Crippen molar-refractivity contribution in [3.8, 4) is 16.9 Å². The summed E-state index contributed by atoms with van der Waals surface area (Å²) in [6, 6.07) is 15.0. The van der Waals surface area contributed by atoms with Gasteiger partial charge in [-0.2, -0.15) is 0 Å². The average Bonchev–Trinajstić information content (AvgIpc) is 2.68. The van der Waals surface area contributed by atoms with Crippen LogP contribution in [0, 0.1) is 0 Å². The Labute approximate surface area is 189 Å². The van der Waals surface area contributed by atoms with Gasteiger partial charge in [0.1, 0.15) is 5.75 Å². The SMILES string of the molecule is C[Si](C)(C)c1ccc(-c2ccccc2)c(C=NC2CCCCC2)c1O.[Cl][Zr][Cl]. The predicted molar refractivity (Wildman–Crippen MR) is 123 cm³/mol. The van der Waals surface area contributed by atoms with E-state index in [0.717, 1.165) is 21.9 Å². The van der Waals surface area contributed by atoms with Crippen LogP contribution in [0.1, 0.15) is 37.7 Å². The van der Waals surface area contributed by atoms with E-state index in [2.05, 4.69) is 43.9 Å². The zero-order valence-electron chi connectivity index (χ0n) is 16.9. The van der Waals surface area contributed by atoms with Crippen LogP contribution < -0.4 is 5.19 Å². The van der Waals surface area contributed by atoms with E-state index in [1.54, 1.807) is 0 Å². The number of hydrogen-bond acceptors (Lipinski definition) is 2. The molecule has 28 heavy (non-hydrogen) atoms. The summed E-state index contributed by atoms with van der Waals surface area (Å²) in [4.78, 5) is 4.85. The van der Waals surface area contributed by atoms with Crippen LogP contribution in [-0.4, -0.2) is 25.4 Å². The van der Waals surface area contributed by atoms with Gasteiger partial charge in [0.25, 0.3) is 0 Å². The van der Waals surface area contributed by atoms with E-state index in [1.807, 2.05) is 24.4 Å². The van der Waals surface area contributed by atoms with Crippen LogP contribution >= 0.6 is 17.0 Å². The zero-order valence-corrected chi connectivity index (χ0v) is 21.9. The third-order valence-electron chi connectivity index (χ3n) is 5.10. The molecule has 0 aromatic heterocycles. The van der Waals surface area contributed by atoms with Gasteiger partial charge in [0.05, 0.1) is 8.07 Å². The molecule has 0 radical (unpaired) electrons. The summed E-state index contributed by atoms with van der Waals surface area (Å²) < 4.78 is 0. The van der Waals surface area contributed by atoms with Crippen molar-refractivity contribution in [1.82, 2.24) is 0 Å². The molecule has 2 nitrogen and oxygen atoms in total. The molecule has 2 aromatic carbocycles. The number of aromatic hydroxyl groups is 1. The Hall–Kier alpha value is -0.410. The van der Waals surface area contributed by atoms with Gasteiger partial charge in [-0.25, -0.2) is 0 Å². The summed E-state index contributed by atoms with van der Waals surface area (Å²) in [6.45, 7) is 6.81. The van der Waals surface area contributed by atoms with Crippen LogP contribution in [-0.2, 0) is 20.8 Å². The van der Waals surface area contributed by atoms with Crippen molar-refractivity contribution < 1.29 is 26.0 Å². The van der Waals surface area contributed by atoms with E-state index >= 15 is 0 Å². The summed E-state index contributed by atoms with van der Waals surface area (Å²) in [5.41, 5.74) is 3.08. The predicted octanol–water partition coefficient (Wildman–Crippen LogP) is 6.73. The van der Waals surface area contributed by atoms with Crippen LogP contribution in [0.15, 0.2) is 47.5 Å². The van der Waals surface area contributed by atoms with Gasteiger partial charge in [-0.05, 0) is 29.2 Å². The summed E-state index contributed by atoms with van der Waals surface area (Å²) in [6.07, 6.45) is 8.16. The van der Waals surface area contributed by atoms with Crippen molar-refractivity contribution in [3.05, 3.63) is 48.0 Å². The molecular formula is C22H29Cl2NOSiZr. The molecule has 0 aliphatic heterocycles. The monoisotopic (exact) mass is 511 g/mol. The van der Waals surface area contributed by atoms with Crippen LogP contribution in [0.4, 0.5) is 0 Å². The van der Waals surface area contributed by atoms with Gasteiger partial charge >= 0.3 is 37.9 Å². The number of aliphatic imine (C=N–C) groups is 1. The molecule has 0 heterocycles. The van der Waals surface area contributed by atoms with Crippen molar-refractivity contribution in [2.45, 2.75) is 57.8 Å². The number of hydrogen-bond donors (Lipinski definition) is 1. The summed E-state index contributed by atoms with van der Waals surface area (Å²) in [7, 11) is 8.25. The maximum absolute atomic E-state index is 11.0. The van der Waals surface area contributed by atoms with E-state index in [4.69, 9.17) is 22.0 Å². The van der Waals surface area contributed by atoms with Crippen LogP contribution in [0.25, 0.3) is 11.1 Å². The molecule has 0 amide bonds. The van der Waals surface area contributed by atoms with E-state index in [0.29, 0.717) is 11.8 Å². The van der Waals surface area contributed by atoms with Crippen LogP contribution in [0.2, 0.25) is 19.6 Å². The second-order valence-electron chi connectivity index (χ2n) is 8.18. The molecule has 6 heteroatoms. The minimum absolute atomic E-state index is 0.410. The van der Waals surface area contributed by atoms with Crippen LogP contribution in [0.3, 0.4) is 0 Å². The summed E-state index contributed by atoms with van der Waals surface area (Å²) >= 11 is -0.826. The Morgan fingerprint density at radius 2 is 1.61 bits per heavy atom. The number of phenolic OH excluding ortho intramolecular Hbond substituents is 1. The van der Waals surface area contributed by atoms with E-state index in [1.165, 1.54) is 32.1 Å². The van der Waals surface area contributed by atoms with Crippen molar-refractivity contribution in [2.24, 2.45) is 4.99 Å². The molecule has 150 valence electrons. The number of rotatable bonds is 4. The Balaban J connectivity index is 0.000000878. The summed E-state index contributed by atoms with van der Waals surface area (Å²) in [5.74, 6) is 0.431. The fraction of sp³-hybridized carbons (Fsp3) is 0.409. The normalized spacial score (nSPS) is 15.2. The Morgan fingerprint density at radius 1 is 1.00 bits per heavy atom. The van der Waals surface area contributed by atoms with Gasteiger partial charge in [-0.1, -0.05) is 81.4 Å². The topological polar surface area (TPSA) is 32.6 Å². The number of halogens is 2. The quantitative estimate of drug-likeness (QED) is 0.357. The standard InChI is InChI=1S/C22H29NOSi.2ClH.Zr/c1-25(2,3)21-15-14-19(17-10-6-4-7-11-17)20(22(21)24)16-23-18-12-8-5-9-13-18;;;/h4,6-7,10-11,14-16,18,24H,5,8-9,12-13H2,1-3H3;2*1H;/q;;;+2/p-2. The van der Waals surface area contributed by atoms with E-state index < -0.39 is 28.9 Å². The molecule has 0 spiro atoms. The first kappa shape index (κ1) is 23.9. The van der Waals surface area contributed by atoms with Gasteiger partial charge in [0.2, 0.25) is 0 Å². The summed E-state index contributed by atoms with van der Waals surface area (Å²) in [5, 5.41) is 12.1. The minimum atomic E-state index is -1.61. The van der Waals surface area contributed by atoms with Crippen molar-refractivity contribution in [1.29, 1.82) is 0 Å². The first-order valence-electron chi connectivity index (χ1n) is 9.79. The van der Waals surface area contributed by atoms with E-state index in [9.17, 15) is 5.11 Å². The molecule has 1 fully saturated rings. The zero-order chi connectivity index (χ0) is 20.6. The molecule has 2 aromatic rings. The molecule has 0 bridgehead atoms. The Bertz CT molecular complexity index is 772. The third-order valence-corrected chi connectivity index (χ3v) is 7.12. The van der Waals surface area contributed by atoms with Gasteiger partial charge < -0.3 is 5.11 Å². The second-order valence-corrected chi connectivity index (χ2v) is 17.0. The molecule has 1 N–H and O–H groups in total. The first-order valence-corrected chi connectivity index (χ1v) is 19.6. The maximum atomic E-state index is 11.0. The molecule has 1 saturated carbocycles. The second kappa shape index (κ2) is 11.7. The number of nitrogens with zero attached hydrogens (tertiary/aromatic N) is 1. The fourth-order valence-electron chi connectivity index (χ4n) is 3.62. The number of phenols is 1. The Morgan fingerprint density at radius 3 is 2.18 bits per heavy atom. The average molecular weight is 514 g/mol. The van der Waals surface area contributed by atoms with Gasteiger partial charge in [-0.15, -0.1) is 0 Å². The third kappa shape index (κ3) is 6.83. The van der Waals surface area contributed by atoms with Crippen molar-refractivity contribution >= 4 is 36.5 Å². The van der Waals surface area contributed by atoms with Gasteiger partial charge in [-0.3, -0.25) is 4.99 Å². The molecule has 3 rings (SSSR count). The molecule has 1 aliphatic carbocycles. The van der Waals surface area contributed by atoms with E-state index in [-0.39, 0.29) is 0 Å². The molecule has 0 saturated heterocycles. The van der Waals surface area contributed by atoms with Crippen LogP contribution in [0.5, 0.6) is 5.75 Å². The van der Waals surface area contributed by atoms with Crippen molar-refractivity contribution in [3.63, 3.8) is 0 Å². The molecule has 0 atom stereocenters. The van der Waals surface area contributed by atoms with Gasteiger partial charge in [0.15, 0.2) is 0 Å². The Kier molecular flexibility index (Phi) is 9.97. The fourth-order valence-corrected chi connectivity index (χ4v) is 5.05. The van der Waals surface area contributed by atoms with Crippen molar-refractivity contribution in [2.75, 3.05) is 0 Å². The first-order chi connectivity index (χ1) is 13.4. The molecular weight excluding hydrogens is 484 g/mol. The molecule has 1 aliphatic rings. The molecule has 0 unspecified atom stereocenters.